The van der Waals surface area contributed by atoms with E-state index >= 15 is 0 Å². The van der Waals surface area contributed by atoms with E-state index in [1.165, 1.54) is 4.31 Å². The zero-order valence-electron chi connectivity index (χ0n) is 17.7. The van der Waals surface area contributed by atoms with Gasteiger partial charge in [-0.05, 0) is 74.6 Å². The van der Waals surface area contributed by atoms with Crippen molar-refractivity contribution in [3.63, 3.8) is 0 Å². The number of ether oxygens (including phenoxy) is 1. The number of nitrogens with one attached hydrogen (secondary N) is 1. The van der Waals surface area contributed by atoms with E-state index < -0.39 is 16.1 Å². The first-order chi connectivity index (χ1) is 13.6. The Labute approximate surface area is 173 Å². The van der Waals surface area contributed by atoms with Crippen LogP contribution in [0.25, 0.3) is 0 Å². The molecule has 0 radical (unpaired) electrons. The fourth-order valence-electron chi connectivity index (χ4n) is 3.33. The average molecular weight is 419 g/mol. The molecule has 1 amide bonds. The van der Waals surface area contributed by atoms with Crippen LogP contribution in [0.4, 0.5) is 5.69 Å². The summed E-state index contributed by atoms with van der Waals surface area (Å²) in [5.41, 5.74) is 3.55. The molecule has 0 spiro atoms. The predicted octanol–water partition coefficient (Wildman–Crippen LogP) is 3.22. The standard InChI is InChI=1S/C22H30N2O4S/c1-16-13-17(2)15-20(14-16)24(29(5,26)27)18(3)22(25)23-12-6-7-19-8-10-21(28-4)11-9-19/h8-11,13-15,18H,6-7,12H2,1-5H3,(H,23,25)/t18-/m1/s1. The molecule has 0 aromatic heterocycles. The van der Waals surface area contributed by atoms with Crippen molar-refractivity contribution in [1.29, 1.82) is 0 Å². The first-order valence-electron chi connectivity index (χ1n) is 9.60. The van der Waals surface area contributed by atoms with Gasteiger partial charge in [0.15, 0.2) is 0 Å². The van der Waals surface area contributed by atoms with Gasteiger partial charge in [0.1, 0.15) is 11.8 Å². The van der Waals surface area contributed by atoms with Crippen LogP contribution in [0.15, 0.2) is 42.5 Å². The van der Waals surface area contributed by atoms with Crippen molar-refractivity contribution in [2.75, 3.05) is 24.2 Å². The Morgan fingerprint density at radius 3 is 2.21 bits per heavy atom. The molecule has 29 heavy (non-hydrogen) atoms. The molecule has 0 aliphatic heterocycles. The van der Waals surface area contributed by atoms with Gasteiger partial charge in [0.25, 0.3) is 0 Å². The van der Waals surface area contributed by atoms with E-state index in [1.807, 2.05) is 44.2 Å². The Kier molecular flexibility index (Phi) is 7.67. The maximum atomic E-state index is 12.6. The molecule has 0 aliphatic rings. The Hall–Kier alpha value is -2.54. The molecule has 0 unspecified atom stereocenters. The van der Waals surface area contributed by atoms with Crippen LogP contribution in [0.1, 0.15) is 30.0 Å². The van der Waals surface area contributed by atoms with Crippen LogP contribution in [0, 0.1) is 13.8 Å². The van der Waals surface area contributed by atoms with E-state index in [0.717, 1.165) is 41.5 Å². The van der Waals surface area contributed by atoms with Gasteiger partial charge in [-0.3, -0.25) is 9.10 Å². The summed E-state index contributed by atoms with van der Waals surface area (Å²) in [6.07, 6.45) is 2.69. The maximum Gasteiger partial charge on any atom is 0.243 e. The topological polar surface area (TPSA) is 75.7 Å². The molecule has 0 aliphatic carbocycles. The zero-order chi connectivity index (χ0) is 21.6. The van der Waals surface area contributed by atoms with Crippen LogP contribution >= 0.6 is 0 Å². The fraction of sp³-hybridized carbons (Fsp3) is 0.409. The average Bonchev–Trinajstić information content (AvgIpc) is 2.63. The number of carbonyl (C=O) groups excluding carboxylic acids is 1. The number of nitrogens with zero attached hydrogens (tertiary/aromatic N) is 1. The van der Waals surface area contributed by atoms with Crippen molar-refractivity contribution < 1.29 is 17.9 Å². The van der Waals surface area contributed by atoms with Gasteiger partial charge < -0.3 is 10.1 Å². The first kappa shape index (κ1) is 22.7. The molecule has 7 heteroatoms. The lowest BCUT2D eigenvalue weighted by atomic mass is 10.1. The normalized spacial score (nSPS) is 12.3. The maximum absolute atomic E-state index is 12.6. The summed E-state index contributed by atoms with van der Waals surface area (Å²) in [4.78, 5) is 12.6. The van der Waals surface area contributed by atoms with Gasteiger partial charge in [-0.2, -0.15) is 0 Å². The first-order valence-corrected chi connectivity index (χ1v) is 11.4. The zero-order valence-corrected chi connectivity index (χ0v) is 18.5. The van der Waals surface area contributed by atoms with E-state index in [9.17, 15) is 13.2 Å². The molecule has 6 nitrogen and oxygen atoms in total. The van der Waals surface area contributed by atoms with Crippen LogP contribution in [0.2, 0.25) is 0 Å². The molecule has 0 saturated heterocycles. The summed E-state index contributed by atoms with van der Waals surface area (Å²) in [6, 6.07) is 12.5. The number of methoxy groups -OCH3 is 1. The number of aryl methyl sites for hydroxylation is 3. The van der Waals surface area contributed by atoms with Crippen LogP contribution in [0.3, 0.4) is 0 Å². The van der Waals surface area contributed by atoms with Gasteiger partial charge in [0.2, 0.25) is 15.9 Å². The molecule has 2 aromatic carbocycles. The number of anilines is 1. The summed E-state index contributed by atoms with van der Waals surface area (Å²) in [5.74, 6) is 0.493. The molecular formula is C22H30N2O4S. The minimum atomic E-state index is -3.62. The summed E-state index contributed by atoms with van der Waals surface area (Å²) >= 11 is 0. The quantitative estimate of drug-likeness (QED) is 0.635. The predicted molar refractivity (Wildman–Crippen MR) is 117 cm³/mol. The van der Waals surface area contributed by atoms with E-state index in [-0.39, 0.29) is 5.91 Å². The highest BCUT2D eigenvalue weighted by molar-refractivity contribution is 7.92. The number of rotatable bonds is 9. The number of amides is 1. The fourth-order valence-corrected chi connectivity index (χ4v) is 4.49. The van der Waals surface area contributed by atoms with Crippen LogP contribution in [0.5, 0.6) is 5.75 Å². The lowest BCUT2D eigenvalue weighted by Gasteiger charge is -2.28. The van der Waals surface area contributed by atoms with Crippen molar-refractivity contribution >= 4 is 21.6 Å². The Balaban J connectivity index is 1.99. The van der Waals surface area contributed by atoms with Crippen molar-refractivity contribution in [3.05, 3.63) is 59.2 Å². The minimum Gasteiger partial charge on any atom is -0.497 e. The van der Waals surface area contributed by atoms with Crippen LogP contribution in [-0.4, -0.2) is 40.3 Å². The Morgan fingerprint density at radius 1 is 1.10 bits per heavy atom. The lowest BCUT2D eigenvalue weighted by Crippen LogP contribution is -2.48. The van der Waals surface area contributed by atoms with E-state index in [1.54, 1.807) is 26.2 Å². The monoisotopic (exact) mass is 418 g/mol. The number of benzene rings is 2. The van der Waals surface area contributed by atoms with E-state index in [4.69, 9.17) is 4.74 Å². The number of carbonyl (C=O) groups is 1. The van der Waals surface area contributed by atoms with Crippen molar-refractivity contribution in [2.45, 2.75) is 39.7 Å². The highest BCUT2D eigenvalue weighted by Gasteiger charge is 2.29. The Bertz CT molecular complexity index is 920. The third kappa shape index (κ3) is 6.49. The SMILES string of the molecule is COc1ccc(CCCNC(=O)[C@@H](C)N(c2cc(C)cc(C)c2)S(C)(=O)=O)cc1. The van der Waals surface area contributed by atoms with E-state index in [2.05, 4.69) is 5.32 Å². The van der Waals surface area contributed by atoms with Crippen LogP contribution < -0.4 is 14.4 Å². The van der Waals surface area contributed by atoms with Crippen molar-refractivity contribution in [3.8, 4) is 5.75 Å². The smallest absolute Gasteiger partial charge is 0.243 e. The van der Waals surface area contributed by atoms with Gasteiger partial charge in [-0.25, -0.2) is 8.42 Å². The third-order valence-corrected chi connectivity index (χ3v) is 5.89. The second kappa shape index (κ2) is 9.78. The second-order valence-corrected chi connectivity index (χ2v) is 9.18. The van der Waals surface area contributed by atoms with Gasteiger partial charge in [0, 0.05) is 6.54 Å². The molecule has 2 aromatic rings. The van der Waals surface area contributed by atoms with Crippen LogP contribution in [-0.2, 0) is 21.2 Å². The van der Waals surface area contributed by atoms with Gasteiger partial charge >= 0.3 is 0 Å². The highest BCUT2D eigenvalue weighted by atomic mass is 32.2. The summed E-state index contributed by atoms with van der Waals surface area (Å²) in [5, 5.41) is 2.86. The lowest BCUT2D eigenvalue weighted by molar-refractivity contribution is -0.121. The summed E-state index contributed by atoms with van der Waals surface area (Å²) in [7, 11) is -1.99. The molecule has 1 N–H and O–H groups in total. The summed E-state index contributed by atoms with van der Waals surface area (Å²) < 4.78 is 31.1. The molecule has 1 atom stereocenters. The number of sulfonamides is 1. The minimum absolute atomic E-state index is 0.315. The Morgan fingerprint density at radius 2 is 1.69 bits per heavy atom. The third-order valence-electron chi connectivity index (χ3n) is 4.65. The van der Waals surface area contributed by atoms with Gasteiger partial charge in [0.05, 0.1) is 19.1 Å². The molecule has 0 heterocycles. The molecule has 0 fully saturated rings. The largest absolute Gasteiger partial charge is 0.497 e. The highest BCUT2D eigenvalue weighted by Crippen LogP contribution is 2.24. The molecule has 158 valence electrons. The molecule has 0 bridgehead atoms. The molecular weight excluding hydrogens is 388 g/mol. The number of hydrogen-bond acceptors (Lipinski definition) is 4. The van der Waals surface area contributed by atoms with Gasteiger partial charge in [-0.1, -0.05) is 18.2 Å². The van der Waals surface area contributed by atoms with Gasteiger partial charge in [-0.15, -0.1) is 0 Å². The molecule has 2 rings (SSSR count). The summed E-state index contributed by atoms with van der Waals surface area (Å²) in [6.45, 7) is 5.89. The number of hydrogen-bond donors (Lipinski definition) is 1. The van der Waals surface area contributed by atoms with Crippen molar-refractivity contribution in [1.82, 2.24) is 5.32 Å². The second-order valence-electron chi connectivity index (χ2n) is 7.32. The molecule has 0 saturated carbocycles. The van der Waals surface area contributed by atoms with E-state index in [0.29, 0.717) is 12.2 Å². The van der Waals surface area contributed by atoms with Crippen molar-refractivity contribution in [2.24, 2.45) is 0 Å².